The molecule has 1 saturated heterocycles. The van der Waals surface area contributed by atoms with Crippen LogP contribution in [0.4, 0.5) is 0 Å². The lowest BCUT2D eigenvalue weighted by Crippen LogP contribution is -2.44. The van der Waals surface area contributed by atoms with E-state index in [0.29, 0.717) is 0 Å². The summed E-state index contributed by atoms with van der Waals surface area (Å²) in [5, 5.41) is 0. The van der Waals surface area contributed by atoms with Crippen LogP contribution >= 0.6 is 0 Å². The minimum Gasteiger partial charge on any atom is -0.485 e. The lowest BCUT2D eigenvalue weighted by atomic mass is 9.82. The van der Waals surface area contributed by atoms with Gasteiger partial charge < -0.3 is 10.5 Å². The van der Waals surface area contributed by atoms with Crippen LogP contribution in [0.25, 0.3) is 0 Å². The Morgan fingerprint density at radius 3 is 2.81 bits per heavy atom. The van der Waals surface area contributed by atoms with Gasteiger partial charge in [-0.3, -0.25) is 0 Å². The van der Waals surface area contributed by atoms with Gasteiger partial charge in [0.05, 0.1) is 0 Å². The number of allylic oxidation sites excluding steroid dienone is 5. The Kier molecular flexibility index (Phi) is 3.11. The molecule has 0 saturated carbocycles. The summed E-state index contributed by atoms with van der Waals surface area (Å²) in [4.78, 5) is 0. The fraction of sp³-hybridized carbons (Fsp3) is 0.286. The van der Waals surface area contributed by atoms with Gasteiger partial charge in [-0.1, -0.05) is 37.0 Å². The standard InChI is InChI=1S/C14H17NO/c1-3-7-12-10(4-2)14(15)11-8-5-6-9-13(11)16-12/h3-9,11,13-14H,1,15H2,2H3/b10-4+,12-7+/t11-,13?,14?/m0/s1. The Bertz CT molecular complexity index is 401. The number of ether oxygens (including phenoxy) is 1. The van der Waals surface area contributed by atoms with Gasteiger partial charge in [0.15, 0.2) is 0 Å². The molecule has 0 radical (unpaired) electrons. The Balaban J connectivity index is 2.35. The van der Waals surface area contributed by atoms with Crippen LogP contribution in [-0.2, 0) is 4.74 Å². The molecule has 0 aromatic heterocycles. The fourth-order valence-electron chi connectivity index (χ4n) is 2.21. The van der Waals surface area contributed by atoms with Crippen molar-refractivity contribution < 1.29 is 4.74 Å². The van der Waals surface area contributed by atoms with Gasteiger partial charge >= 0.3 is 0 Å². The third kappa shape index (κ3) is 1.76. The average Bonchev–Trinajstić information content (AvgIpc) is 2.30. The van der Waals surface area contributed by atoms with Crippen LogP contribution in [0.2, 0.25) is 0 Å². The first-order valence-electron chi connectivity index (χ1n) is 5.54. The van der Waals surface area contributed by atoms with Crippen molar-refractivity contribution >= 4 is 0 Å². The molecule has 0 aromatic carbocycles. The summed E-state index contributed by atoms with van der Waals surface area (Å²) in [6, 6.07) is -0.00356. The molecule has 2 heteroatoms. The van der Waals surface area contributed by atoms with E-state index in [0.717, 1.165) is 11.3 Å². The highest BCUT2D eigenvalue weighted by Gasteiger charge is 2.35. The molecule has 2 N–H and O–H groups in total. The largest absolute Gasteiger partial charge is 0.485 e. The van der Waals surface area contributed by atoms with Crippen molar-refractivity contribution in [2.45, 2.75) is 19.1 Å². The molecule has 2 rings (SSSR count). The van der Waals surface area contributed by atoms with E-state index in [1.54, 1.807) is 6.08 Å². The van der Waals surface area contributed by atoms with Crippen molar-refractivity contribution in [1.29, 1.82) is 0 Å². The first-order valence-corrected chi connectivity index (χ1v) is 5.54. The number of hydrogen-bond donors (Lipinski definition) is 1. The summed E-state index contributed by atoms with van der Waals surface area (Å²) >= 11 is 0. The molecule has 0 amide bonds. The van der Waals surface area contributed by atoms with Crippen LogP contribution in [0.1, 0.15) is 6.92 Å². The highest BCUT2D eigenvalue weighted by atomic mass is 16.5. The molecular formula is C14H17NO. The molecule has 3 atom stereocenters. The third-order valence-corrected chi connectivity index (χ3v) is 3.03. The maximum absolute atomic E-state index is 6.26. The molecule has 2 unspecified atom stereocenters. The van der Waals surface area contributed by atoms with E-state index >= 15 is 0 Å². The van der Waals surface area contributed by atoms with Crippen molar-refractivity contribution in [3.05, 3.63) is 60.4 Å². The zero-order valence-corrected chi connectivity index (χ0v) is 9.47. The highest BCUT2D eigenvalue weighted by molar-refractivity contribution is 5.39. The molecule has 84 valence electrons. The molecule has 0 aromatic rings. The Hall–Kier alpha value is -1.54. The first kappa shape index (κ1) is 11.0. The maximum atomic E-state index is 6.26. The second kappa shape index (κ2) is 4.54. The first-order chi connectivity index (χ1) is 7.77. The summed E-state index contributed by atoms with van der Waals surface area (Å²) < 4.78 is 5.91. The van der Waals surface area contributed by atoms with Crippen molar-refractivity contribution in [2.75, 3.05) is 0 Å². The van der Waals surface area contributed by atoms with Gasteiger partial charge in [-0.15, -0.1) is 0 Å². The molecule has 0 bridgehead atoms. The van der Waals surface area contributed by atoms with E-state index < -0.39 is 0 Å². The van der Waals surface area contributed by atoms with E-state index in [4.69, 9.17) is 10.5 Å². The summed E-state index contributed by atoms with van der Waals surface area (Å²) in [7, 11) is 0. The van der Waals surface area contributed by atoms with Gasteiger partial charge in [-0.2, -0.15) is 0 Å². The van der Waals surface area contributed by atoms with Crippen LogP contribution in [0.5, 0.6) is 0 Å². The van der Waals surface area contributed by atoms with Gasteiger partial charge in [-0.05, 0) is 19.1 Å². The van der Waals surface area contributed by atoms with Gasteiger partial charge in [0, 0.05) is 17.5 Å². The van der Waals surface area contributed by atoms with E-state index in [9.17, 15) is 0 Å². The lowest BCUT2D eigenvalue weighted by molar-refractivity contribution is 0.0907. The van der Waals surface area contributed by atoms with Crippen LogP contribution < -0.4 is 5.73 Å². The van der Waals surface area contributed by atoms with Crippen molar-refractivity contribution in [3.8, 4) is 0 Å². The van der Waals surface area contributed by atoms with Crippen molar-refractivity contribution in [1.82, 2.24) is 0 Å². The fourth-order valence-corrected chi connectivity index (χ4v) is 2.21. The smallest absolute Gasteiger partial charge is 0.125 e. The molecule has 1 aliphatic heterocycles. The number of fused-ring (bicyclic) bond motifs is 1. The van der Waals surface area contributed by atoms with Gasteiger partial charge in [0.25, 0.3) is 0 Å². The van der Waals surface area contributed by atoms with Gasteiger partial charge in [0.1, 0.15) is 11.9 Å². The molecule has 2 aliphatic rings. The molecule has 0 spiro atoms. The summed E-state index contributed by atoms with van der Waals surface area (Å²) in [5.41, 5.74) is 7.31. The van der Waals surface area contributed by atoms with E-state index in [1.807, 2.05) is 37.3 Å². The summed E-state index contributed by atoms with van der Waals surface area (Å²) in [6.45, 7) is 5.68. The minimum absolute atomic E-state index is 0.00356. The normalized spacial score (nSPS) is 37.2. The molecule has 1 fully saturated rings. The number of hydrogen-bond acceptors (Lipinski definition) is 2. The van der Waals surface area contributed by atoms with E-state index in [-0.39, 0.29) is 18.1 Å². The topological polar surface area (TPSA) is 35.2 Å². The van der Waals surface area contributed by atoms with Crippen molar-refractivity contribution in [2.24, 2.45) is 11.7 Å². The molecular weight excluding hydrogens is 198 g/mol. The number of nitrogens with two attached hydrogens (primary N) is 1. The van der Waals surface area contributed by atoms with E-state index in [2.05, 4.69) is 12.7 Å². The lowest BCUT2D eigenvalue weighted by Gasteiger charge is -2.38. The van der Waals surface area contributed by atoms with Crippen molar-refractivity contribution in [3.63, 3.8) is 0 Å². The predicted molar refractivity (Wildman–Crippen MR) is 66.7 cm³/mol. The Morgan fingerprint density at radius 1 is 1.38 bits per heavy atom. The van der Waals surface area contributed by atoms with Crippen LogP contribution in [0, 0.1) is 5.92 Å². The molecule has 2 nitrogen and oxygen atoms in total. The third-order valence-electron chi connectivity index (χ3n) is 3.03. The summed E-state index contributed by atoms with van der Waals surface area (Å²) in [5.74, 6) is 1.07. The van der Waals surface area contributed by atoms with Gasteiger partial charge in [-0.25, -0.2) is 0 Å². The Morgan fingerprint density at radius 2 is 2.12 bits per heavy atom. The number of rotatable bonds is 1. The monoisotopic (exact) mass is 215 g/mol. The van der Waals surface area contributed by atoms with E-state index in [1.165, 1.54) is 0 Å². The molecule has 16 heavy (non-hydrogen) atoms. The summed E-state index contributed by atoms with van der Waals surface area (Å²) in [6.07, 6.45) is 13.9. The quantitative estimate of drug-likeness (QED) is 0.729. The molecule has 1 heterocycles. The second-order valence-electron chi connectivity index (χ2n) is 3.97. The van der Waals surface area contributed by atoms with Gasteiger partial charge in [0.2, 0.25) is 0 Å². The van der Waals surface area contributed by atoms with Crippen LogP contribution in [0.15, 0.2) is 60.4 Å². The predicted octanol–water partition coefficient (Wildman–Crippen LogP) is 2.47. The minimum atomic E-state index is -0.00356. The second-order valence-corrected chi connectivity index (χ2v) is 3.97. The molecule has 1 aliphatic carbocycles. The zero-order valence-electron chi connectivity index (χ0n) is 9.47. The van der Waals surface area contributed by atoms with Crippen LogP contribution in [0.3, 0.4) is 0 Å². The van der Waals surface area contributed by atoms with Crippen LogP contribution in [-0.4, -0.2) is 12.1 Å². The highest BCUT2D eigenvalue weighted by Crippen LogP contribution is 2.34. The zero-order chi connectivity index (χ0) is 11.5. The average molecular weight is 215 g/mol. The Labute approximate surface area is 96.5 Å². The SMILES string of the molecule is C=C/C=C1/OC2C=CC=C[C@@H]2C(N)/C1=C/C. The maximum Gasteiger partial charge on any atom is 0.125 e.